The Hall–Kier alpha value is -1.14. The monoisotopic (exact) mass is 244 g/mol. The lowest BCUT2D eigenvalue weighted by Gasteiger charge is -2.23. The van der Waals surface area contributed by atoms with Gasteiger partial charge in [-0.15, -0.1) is 0 Å². The van der Waals surface area contributed by atoms with E-state index in [4.69, 9.17) is 9.84 Å². The van der Waals surface area contributed by atoms with Gasteiger partial charge in [-0.1, -0.05) is 6.92 Å². The number of amides is 1. The van der Waals surface area contributed by atoms with Crippen LogP contribution in [0.1, 0.15) is 13.3 Å². The van der Waals surface area contributed by atoms with Crippen molar-refractivity contribution in [2.24, 2.45) is 5.92 Å². The van der Waals surface area contributed by atoms with E-state index in [0.29, 0.717) is 19.7 Å². The molecule has 0 spiro atoms. The Bertz CT molecular complexity index is 283. The van der Waals surface area contributed by atoms with Gasteiger partial charge in [0, 0.05) is 20.2 Å². The van der Waals surface area contributed by atoms with Gasteiger partial charge < -0.3 is 20.1 Å². The number of rotatable bonds is 6. The summed E-state index contributed by atoms with van der Waals surface area (Å²) in [5.74, 6) is -1.05. The molecule has 0 aromatic carbocycles. The molecule has 0 bridgehead atoms. The molecular weight excluding hydrogens is 224 g/mol. The summed E-state index contributed by atoms with van der Waals surface area (Å²) >= 11 is 0. The number of nitrogens with zero attached hydrogens (tertiary/aromatic N) is 1. The molecule has 1 saturated heterocycles. The Morgan fingerprint density at radius 2 is 2.24 bits per heavy atom. The predicted molar refractivity (Wildman–Crippen MR) is 61.7 cm³/mol. The molecule has 2 atom stereocenters. The van der Waals surface area contributed by atoms with Gasteiger partial charge in [-0.25, -0.2) is 4.79 Å². The van der Waals surface area contributed by atoms with Crippen LogP contribution in [0, 0.1) is 5.92 Å². The van der Waals surface area contributed by atoms with E-state index in [-0.39, 0.29) is 18.4 Å². The molecule has 1 heterocycles. The van der Waals surface area contributed by atoms with Crippen molar-refractivity contribution in [2.45, 2.75) is 19.4 Å². The summed E-state index contributed by atoms with van der Waals surface area (Å²) in [5, 5.41) is 12.0. The highest BCUT2D eigenvalue weighted by molar-refractivity contribution is 5.85. The Balaban J connectivity index is 2.42. The van der Waals surface area contributed by atoms with Crippen molar-refractivity contribution in [2.75, 3.05) is 33.4 Å². The van der Waals surface area contributed by atoms with Gasteiger partial charge in [-0.2, -0.15) is 0 Å². The number of hydrogen-bond donors (Lipinski definition) is 2. The number of carbonyl (C=O) groups is 2. The molecule has 1 aliphatic rings. The smallest absolute Gasteiger partial charge is 0.326 e. The van der Waals surface area contributed by atoms with Crippen molar-refractivity contribution < 1.29 is 19.4 Å². The first-order valence-corrected chi connectivity index (χ1v) is 5.80. The summed E-state index contributed by atoms with van der Waals surface area (Å²) in [6.07, 6.45) is 0.751. The fourth-order valence-electron chi connectivity index (χ4n) is 2.07. The van der Waals surface area contributed by atoms with E-state index in [9.17, 15) is 9.59 Å². The normalized spacial score (nSPS) is 24.0. The maximum atomic E-state index is 11.8. The number of aliphatic carboxylic acids is 1. The van der Waals surface area contributed by atoms with Crippen molar-refractivity contribution in [3.63, 3.8) is 0 Å². The Morgan fingerprint density at radius 1 is 1.53 bits per heavy atom. The van der Waals surface area contributed by atoms with Crippen LogP contribution in [0.25, 0.3) is 0 Å². The largest absolute Gasteiger partial charge is 0.480 e. The molecule has 0 saturated carbocycles. The summed E-state index contributed by atoms with van der Waals surface area (Å²) in [4.78, 5) is 24.3. The first kappa shape index (κ1) is 13.9. The van der Waals surface area contributed by atoms with Crippen LogP contribution in [0.4, 0.5) is 0 Å². The summed E-state index contributed by atoms with van der Waals surface area (Å²) in [6.45, 7) is 3.68. The highest BCUT2D eigenvalue weighted by Gasteiger charge is 2.38. The first-order valence-electron chi connectivity index (χ1n) is 5.80. The third-order valence-corrected chi connectivity index (χ3v) is 3.03. The lowest BCUT2D eigenvalue weighted by molar-refractivity contribution is -0.149. The maximum Gasteiger partial charge on any atom is 0.326 e. The van der Waals surface area contributed by atoms with Gasteiger partial charge in [0.15, 0.2) is 0 Å². The van der Waals surface area contributed by atoms with Crippen LogP contribution >= 0.6 is 0 Å². The minimum atomic E-state index is -0.916. The predicted octanol–water partition coefficient (Wildman–Crippen LogP) is -0.456. The second-order valence-corrected chi connectivity index (χ2v) is 4.31. The van der Waals surface area contributed by atoms with Crippen LogP contribution in [0.5, 0.6) is 0 Å². The minimum Gasteiger partial charge on any atom is -0.480 e. The average molecular weight is 244 g/mol. The van der Waals surface area contributed by atoms with Crippen LogP contribution in [0.15, 0.2) is 0 Å². The number of likely N-dealkylation sites (tertiary alicyclic amines) is 1. The SMILES string of the molecule is COCCNCC(=O)N1CCC(C)C1C(=O)O. The molecule has 17 heavy (non-hydrogen) atoms. The Labute approximate surface area is 101 Å². The van der Waals surface area contributed by atoms with Crippen LogP contribution in [-0.4, -0.2) is 61.3 Å². The second-order valence-electron chi connectivity index (χ2n) is 4.31. The maximum absolute atomic E-state index is 11.8. The number of nitrogens with one attached hydrogen (secondary N) is 1. The molecule has 1 rings (SSSR count). The molecule has 0 aliphatic carbocycles. The molecule has 6 heteroatoms. The summed E-state index contributed by atoms with van der Waals surface area (Å²) in [5.41, 5.74) is 0. The van der Waals surface area contributed by atoms with Gasteiger partial charge in [0.05, 0.1) is 13.2 Å². The van der Waals surface area contributed by atoms with Crippen molar-refractivity contribution in [1.29, 1.82) is 0 Å². The van der Waals surface area contributed by atoms with E-state index < -0.39 is 12.0 Å². The van der Waals surface area contributed by atoms with Crippen LogP contribution < -0.4 is 5.32 Å². The fraction of sp³-hybridized carbons (Fsp3) is 0.818. The third kappa shape index (κ3) is 3.67. The lowest BCUT2D eigenvalue weighted by atomic mass is 10.0. The number of carboxylic acids is 1. The van der Waals surface area contributed by atoms with E-state index in [2.05, 4.69) is 5.32 Å². The molecule has 0 aromatic rings. The molecule has 98 valence electrons. The fourth-order valence-corrected chi connectivity index (χ4v) is 2.07. The summed E-state index contributed by atoms with van der Waals surface area (Å²) in [7, 11) is 1.59. The van der Waals surface area contributed by atoms with Gasteiger partial charge in [0.2, 0.25) is 5.91 Å². The van der Waals surface area contributed by atoms with Crippen molar-refractivity contribution in [3.05, 3.63) is 0 Å². The van der Waals surface area contributed by atoms with Gasteiger partial charge in [-0.3, -0.25) is 4.79 Å². The average Bonchev–Trinajstić information content (AvgIpc) is 2.66. The first-order chi connectivity index (χ1) is 8.07. The highest BCUT2D eigenvalue weighted by Crippen LogP contribution is 2.23. The number of ether oxygens (including phenoxy) is 1. The molecule has 1 aliphatic heterocycles. The van der Waals surface area contributed by atoms with Crippen molar-refractivity contribution in [1.82, 2.24) is 10.2 Å². The zero-order valence-corrected chi connectivity index (χ0v) is 10.3. The van der Waals surface area contributed by atoms with Gasteiger partial charge >= 0.3 is 5.97 Å². The van der Waals surface area contributed by atoms with Crippen LogP contribution in [-0.2, 0) is 14.3 Å². The quantitative estimate of drug-likeness (QED) is 0.618. The van der Waals surface area contributed by atoms with E-state index >= 15 is 0 Å². The van der Waals surface area contributed by atoms with Gasteiger partial charge in [0.1, 0.15) is 6.04 Å². The summed E-state index contributed by atoms with van der Waals surface area (Å²) in [6, 6.07) is -0.674. The molecule has 0 aromatic heterocycles. The molecule has 2 N–H and O–H groups in total. The lowest BCUT2D eigenvalue weighted by Crippen LogP contribution is -2.46. The molecule has 1 fully saturated rings. The summed E-state index contributed by atoms with van der Waals surface area (Å²) < 4.78 is 4.84. The molecule has 1 amide bonds. The number of carboxylic acid groups (broad SMARTS) is 1. The standard InChI is InChI=1S/C11H20N2O4/c1-8-3-5-13(10(8)11(15)16)9(14)7-12-4-6-17-2/h8,10,12H,3-7H2,1-2H3,(H,15,16). The second kappa shape index (κ2) is 6.56. The zero-order chi connectivity index (χ0) is 12.8. The molecule has 2 unspecified atom stereocenters. The third-order valence-electron chi connectivity index (χ3n) is 3.03. The Morgan fingerprint density at radius 3 is 2.82 bits per heavy atom. The molecular formula is C11H20N2O4. The topological polar surface area (TPSA) is 78.9 Å². The van der Waals surface area contributed by atoms with E-state index in [1.807, 2.05) is 6.92 Å². The van der Waals surface area contributed by atoms with Crippen LogP contribution in [0.3, 0.4) is 0 Å². The van der Waals surface area contributed by atoms with E-state index in [1.54, 1.807) is 7.11 Å². The minimum absolute atomic E-state index is 0.0235. The zero-order valence-electron chi connectivity index (χ0n) is 10.3. The number of carbonyl (C=O) groups excluding carboxylic acids is 1. The number of hydrogen-bond acceptors (Lipinski definition) is 4. The molecule has 6 nitrogen and oxygen atoms in total. The van der Waals surface area contributed by atoms with Crippen molar-refractivity contribution >= 4 is 11.9 Å². The highest BCUT2D eigenvalue weighted by atomic mass is 16.5. The van der Waals surface area contributed by atoms with Gasteiger partial charge in [-0.05, 0) is 12.3 Å². The van der Waals surface area contributed by atoms with Crippen molar-refractivity contribution in [3.8, 4) is 0 Å². The molecule has 0 radical (unpaired) electrons. The number of methoxy groups -OCH3 is 1. The van der Waals surface area contributed by atoms with E-state index in [0.717, 1.165) is 6.42 Å². The van der Waals surface area contributed by atoms with E-state index in [1.165, 1.54) is 4.90 Å². The van der Waals surface area contributed by atoms with Crippen LogP contribution in [0.2, 0.25) is 0 Å². The van der Waals surface area contributed by atoms with Gasteiger partial charge in [0.25, 0.3) is 0 Å². The Kier molecular flexibility index (Phi) is 5.37.